The summed E-state index contributed by atoms with van der Waals surface area (Å²) in [6, 6.07) is 0. The predicted octanol–water partition coefficient (Wildman–Crippen LogP) is 3.42. The average molecular weight is 246 g/mol. The topological polar surface area (TPSA) is 0 Å². The van der Waals surface area contributed by atoms with Gasteiger partial charge in [0.2, 0.25) is 0 Å². The van der Waals surface area contributed by atoms with Crippen molar-refractivity contribution >= 4 is 25.1 Å². The Balaban J connectivity index is 0. The van der Waals surface area contributed by atoms with Gasteiger partial charge in [0.1, 0.15) is 0 Å². The van der Waals surface area contributed by atoms with E-state index in [0.29, 0.717) is 0 Å². The third kappa shape index (κ3) is 5.05. The van der Waals surface area contributed by atoms with Gasteiger partial charge in [-0.05, 0) is 37.8 Å². The summed E-state index contributed by atoms with van der Waals surface area (Å²) in [5.74, 6) is 0. The van der Waals surface area contributed by atoms with E-state index in [1.807, 2.05) is 0 Å². The molecule has 0 amide bonds. The predicted molar refractivity (Wildman–Crippen MR) is 57.2 cm³/mol. The molecule has 0 unspecified atom stereocenters. The minimum atomic E-state index is 1.28. The number of rotatable bonds is 4. The molecule has 0 spiro atoms. The molecule has 0 bridgehead atoms. The fraction of sp³-hybridized carbons (Fsp3) is 1.00. The molecule has 0 aromatic rings. The number of halogens is 2. The highest BCUT2D eigenvalue weighted by atomic mass is 79.9. The normalized spacial score (nSPS) is 10.4. The molecule has 11 heavy (non-hydrogen) atoms. The maximum Gasteiger partial charge on any atom is 0.0757 e. The van der Waals surface area contributed by atoms with Gasteiger partial charge in [-0.25, -0.2) is 0 Å². The summed E-state index contributed by atoms with van der Waals surface area (Å²) >= 11 is 2.41. The van der Waals surface area contributed by atoms with Gasteiger partial charge in [-0.2, -0.15) is 0 Å². The second-order valence-electron chi connectivity index (χ2n) is 2.61. The maximum atomic E-state index is 4.45. The molecule has 0 saturated heterocycles. The van der Waals surface area contributed by atoms with E-state index in [1.165, 1.54) is 30.7 Å². The smallest absolute Gasteiger partial charge is 0.0757 e. The molecule has 3 heteroatoms. The van der Waals surface area contributed by atoms with Gasteiger partial charge in [0.25, 0.3) is 0 Å². The fourth-order valence-electron chi connectivity index (χ4n) is 1.34. The molecular weight excluding hydrogens is 225 g/mol. The Morgan fingerprint density at radius 1 is 0.818 bits per heavy atom. The van der Waals surface area contributed by atoms with E-state index in [2.05, 4.69) is 52.8 Å². The van der Waals surface area contributed by atoms with E-state index in [1.54, 1.807) is 0 Å². The van der Waals surface area contributed by atoms with Gasteiger partial charge in [-0.15, -0.1) is 0 Å². The number of hydrogen-bond donors (Lipinski definition) is 0. The summed E-state index contributed by atoms with van der Waals surface area (Å²) in [7, 11) is 4.45. The molecule has 0 fully saturated rings. The molecule has 0 aliphatic carbocycles. The van der Waals surface area contributed by atoms with Crippen LogP contribution in [0, 0.1) is 0 Å². The number of quaternary nitrogens is 1. The number of hydrogen-bond acceptors (Lipinski definition) is 0. The van der Waals surface area contributed by atoms with Crippen molar-refractivity contribution in [3.8, 4) is 0 Å². The Kier molecular flexibility index (Phi) is 11.4. The van der Waals surface area contributed by atoms with Crippen LogP contribution < -0.4 is 0 Å². The van der Waals surface area contributed by atoms with Crippen LogP contribution in [0.4, 0.5) is 0 Å². The highest BCUT2D eigenvalue weighted by Crippen LogP contribution is 2.03. The fourth-order valence-corrected chi connectivity index (χ4v) is 1.34. The molecule has 0 atom stereocenters. The molecule has 1 nitrogen and oxygen atoms in total. The van der Waals surface area contributed by atoms with Crippen LogP contribution in [-0.2, 0) is 0 Å². The Morgan fingerprint density at radius 2 is 1.00 bits per heavy atom. The summed E-state index contributed by atoms with van der Waals surface area (Å²) in [6.45, 7) is 14.2. The quantitative estimate of drug-likeness (QED) is 0.666. The van der Waals surface area contributed by atoms with Gasteiger partial charge in [-0.1, -0.05) is 0 Å². The Bertz CT molecular complexity index is 57.0. The molecule has 0 radical (unpaired) electrons. The largest absolute Gasteiger partial charge is 0.325 e. The van der Waals surface area contributed by atoms with Crippen molar-refractivity contribution in [2.45, 2.75) is 27.7 Å². The van der Waals surface area contributed by atoms with Gasteiger partial charge in [0.15, 0.2) is 0 Å². The van der Waals surface area contributed by atoms with Crippen molar-refractivity contribution in [3.63, 3.8) is 0 Å². The maximum absolute atomic E-state index is 4.45. The van der Waals surface area contributed by atoms with Crippen molar-refractivity contribution in [3.05, 3.63) is 0 Å². The minimum absolute atomic E-state index is 1.28. The zero-order chi connectivity index (χ0) is 9.33. The first-order valence-electron chi connectivity index (χ1n) is 4.24. The first-order valence-corrected chi connectivity index (χ1v) is 6.32. The highest BCUT2D eigenvalue weighted by molar-refractivity contribution is 9.22. The van der Waals surface area contributed by atoms with Crippen LogP contribution >= 0.6 is 25.1 Å². The Morgan fingerprint density at radius 3 is 1.00 bits per heavy atom. The average Bonchev–Trinajstić information content (AvgIpc) is 2.13. The van der Waals surface area contributed by atoms with Crippen LogP contribution in [0.5, 0.6) is 0 Å². The summed E-state index contributed by atoms with van der Waals surface area (Å²) in [6.07, 6.45) is 0. The third-order valence-electron chi connectivity index (χ3n) is 2.68. The van der Waals surface area contributed by atoms with E-state index >= 15 is 0 Å². The molecule has 0 rings (SSSR count). The van der Waals surface area contributed by atoms with Crippen molar-refractivity contribution in [1.29, 1.82) is 0 Å². The molecule has 0 aliphatic rings. The molecule has 0 aromatic heterocycles. The van der Waals surface area contributed by atoms with E-state index in [9.17, 15) is 0 Å². The third-order valence-corrected chi connectivity index (χ3v) is 2.68. The van der Waals surface area contributed by atoms with E-state index < -0.39 is 0 Å². The molecular formula is C8H20BrClN+. The van der Waals surface area contributed by atoms with Gasteiger partial charge in [-0.3, -0.25) is 0 Å². The SMILES string of the molecule is CC[N+](CC)(CC)CC.ClBr. The monoisotopic (exact) mass is 244 g/mol. The Hall–Kier alpha value is 0.730. The van der Waals surface area contributed by atoms with Gasteiger partial charge in [0.05, 0.1) is 26.2 Å². The second kappa shape index (κ2) is 8.82. The molecule has 0 N–H and O–H groups in total. The lowest BCUT2D eigenvalue weighted by Crippen LogP contribution is -2.47. The molecule has 0 saturated carbocycles. The molecule has 0 aromatic carbocycles. The standard InChI is InChI=1S/C8H20N.BrCl/c1-5-9(6-2,7-3)8-4;1-2/h5-8H2,1-4H3;/q+1;. The van der Waals surface area contributed by atoms with E-state index in [-0.39, 0.29) is 0 Å². The van der Waals surface area contributed by atoms with Gasteiger partial charge >= 0.3 is 0 Å². The summed E-state index contributed by atoms with van der Waals surface area (Å²) < 4.78 is 1.28. The first-order chi connectivity index (χ1) is 5.24. The molecule has 70 valence electrons. The first kappa shape index (κ1) is 14.3. The molecule has 0 heterocycles. The van der Waals surface area contributed by atoms with Crippen LogP contribution in [0.2, 0.25) is 0 Å². The van der Waals surface area contributed by atoms with Gasteiger partial charge in [0, 0.05) is 15.0 Å². The van der Waals surface area contributed by atoms with Crippen LogP contribution in [0.15, 0.2) is 0 Å². The lowest BCUT2D eigenvalue weighted by atomic mass is 10.3. The van der Waals surface area contributed by atoms with Crippen LogP contribution in [0.1, 0.15) is 27.7 Å². The highest BCUT2D eigenvalue weighted by Gasteiger charge is 2.16. The van der Waals surface area contributed by atoms with Crippen LogP contribution in [0.25, 0.3) is 0 Å². The van der Waals surface area contributed by atoms with Crippen LogP contribution in [-0.4, -0.2) is 30.7 Å². The lowest BCUT2D eigenvalue weighted by molar-refractivity contribution is -0.921. The molecule has 0 aliphatic heterocycles. The zero-order valence-electron chi connectivity index (χ0n) is 8.03. The number of nitrogens with zero attached hydrogens (tertiary/aromatic N) is 1. The van der Waals surface area contributed by atoms with Crippen molar-refractivity contribution < 1.29 is 4.48 Å². The Labute approximate surface area is 83.7 Å². The zero-order valence-corrected chi connectivity index (χ0v) is 10.4. The lowest BCUT2D eigenvalue weighted by Gasteiger charge is -2.34. The van der Waals surface area contributed by atoms with Crippen molar-refractivity contribution in [2.75, 3.05) is 26.2 Å². The van der Waals surface area contributed by atoms with Crippen LogP contribution in [0.3, 0.4) is 0 Å². The summed E-state index contributed by atoms with van der Waals surface area (Å²) in [5, 5.41) is 0. The van der Waals surface area contributed by atoms with Crippen molar-refractivity contribution in [2.24, 2.45) is 0 Å². The second-order valence-corrected chi connectivity index (χ2v) is 2.61. The van der Waals surface area contributed by atoms with E-state index in [0.717, 1.165) is 0 Å². The minimum Gasteiger partial charge on any atom is -0.325 e. The summed E-state index contributed by atoms with van der Waals surface area (Å²) in [5.41, 5.74) is 0. The van der Waals surface area contributed by atoms with Crippen molar-refractivity contribution in [1.82, 2.24) is 0 Å². The summed E-state index contributed by atoms with van der Waals surface area (Å²) in [4.78, 5) is 0. The van der Waals surface area contributed by atoms with Gasteiger partial charge < -0.3 is 4.48 Å². The van der Waals surface area contributed by atoms with E-state index in [4.69, 9.17) is 0 Å².